The second-order valence-electron chi connectivity index (χ2n) is 6.28. The van der Waals surface area contributed by atoms with E-state index in [1.54, 1.807) is 20.8 Å². The van der Waals surface area contributed by atoms with E-state index in [0.29, 0.717) is 30.6 Å². The van der Waals surface area contributed by atoms with E-state index in [2.05, 4.69) is 5.32 Å². The van der Waals surface area contributed by atoms with Crippen molar-refractivity contribution in [2.75, 3.05) is 0 Å². The van der Waals surface area contributed by atoms with Crippen molar-refractivity contribution >= 4 is 29.7 Å². The first kappa shape index (κ1) is 18.8. The van der Waals surface area contributed by atoms with E-state index in [0.717, 1.165) is 0 Å². The highest BCUT2D eigenvalue weighted by molar-refractivity contribution is 6.10. The first-order chi connectivity index (χ1) is 10.6. The van der Waals surface area contributed by atoms with E-state index < -0.39 is 23.5 Å². The highest BCUT2D eigenvalue weighted by atomic mass is 16.6. The summed E-state index contributed by atoms with van der Waals surface area (Å²) in [5, 5.41) is 2.20. The van der Waals surface area contributed by atoms with E-state index in [1.165, 1.54) is 0 Å². The monoisotopic (exact) mass is 326 g/mol. The Labute approximate surface area is 134 Å². The van der Waals surface area contributed by atoms with Crippen LogP contribution in [0.5, 0.6) is 0 Å². The maximum atomic E-state index is 11.5. The Hall–Kier alpha value is -2.25. The van der Waals surface area contributed by atoms with Crippen LogP contribution in [0.4, 0.5) is 4.79 Å². The quantitative estimate of drug-likeness (QED) is 0.671. The summed E-state index contributed by atoms with van der Waals surface area (Å²) in [6.45, 7) is 5.05. The third-order valence-corrected chi connectivity index (χ3v) is 2.94. The van der Waals surface area contributed by atoms with Crippen LogP contribution in [0, 0.1) is 0 Å². The van der Waals surface area contributed by atoms with Crippen molar-refractivity contribution in [3.63, 3.8) is 0 Å². The molecule has 0 bridgehead atoms. The van der Waals surface area contributed by atoms with Crippen LogP contribution in [0.15, 0.2) is 0 Å². The molecule has 8 nitrogen and oxygen atoms in total. The largest absolute Gasteiger partial charge is 0.443 e. The number of carbonyl (C=O) groups excluding carboxylic acids is 5. The SMILES string of the molecule is CC(C)(C)OC(=O)N1C(=O)CCCC1=O.O=C1CCCC(=O)N1. The minimum absolute atomic E-state index is 0.138. The molecule has 0 unspecified atom stereocenters. The maximum absolute atomic E-state index is 11.5. The molecule has 8 heteroatoms. The zero-order valence-corrected chi connectivity index (χ0v) is 13.6. The number of imide groups is 4. The van der Waals surface area contributed by atoms with Crippen LogP contribution in [-0.2, 0) is 23.9 Å². The molecule has 0 aromatic heterocycles. The van der Waals surface area contributed by atoms with Gasteiger partial charge in [-0.05, 0) is 33.6 Å². The lowest BCUT2D eigenvalue weighted by molar-refractivity contribution is -0.146. The lowest BCUT2D eigenvalue weighted by atomic mass is 10.1. The van der Waals surface area contributed by atoms with Gasteiger partial charge in [-0.2, -0.15) is 4.90 Å². The second-order valence-corrected chi connectivity index (χ2v) is 6.28. The fraction of sp³-hybridized carbons (Fsp3) is 0.667. The normalized spacial score (nSPS) is 18.8. The Kier molecular flexibility index (Phi) is 6.41. The fourth-order valence-corrected chi connectivity index (χ4v) is 1.95. The Bertz CT molecular complexity index is 491. The lowest BCUT2D eigenvalue weighted by Crippen LogP contribution is -2.46. The van der Waals surface area contributed by atoms with Gasteiger partial charge < -0.3 is 4.74 Å². The number of likely N-dealkylation sites (tertiary alicyclic amines) is 1. The number of nitrogens with one attached hydrogen (secondary N) is 1. The van der Waals surface area contributed by atoms with E-state index in [9.17, 15) is 24.0 Å². The predicted octanol–water partition coefficient (Wildman–Crippen LogP) is 1.27. The summed E-state index contributed by atoms with van der Waals surface area (Å²) in [5.41, 5.74) is -0.699. The van der Waals surface area contributed by atoms with Gasteiger partial charge in [0.2, 0.25) is 23.6 Å². The van der Waals surface area contributed by atoms with Gasteiger partial charge in [-0.3, -0.25) is 24.5 Å². The van der Waals surface area contributed by atoms with Crippen LogP contribution < -0.4 is 5.32 Å². The van der Waals surface area contributed by atoms with E-state index in [4.69, 9.17) is 4.74 Å². The first-order valence-corrected chi connectivity index (χ1v) is 7.51. The molecule has 0 aromatic carbocycles. The molecule has 2 aliphatic heterocycles. The molecule has 2 aliphatic rings. The van der Waals surface area contributed by atoms with Crippen molar-refractivity contribution in [2.24, 2.45) is 0 Å². The molecule has 0 atom stereocenters. The van der Waals surface area contributed by atoms with Crippen molar-refractivity contribution in [1.82, 2.24) is 10.2 Å². The average Bonchev–Trinajstić information content (AvgIpc) is 2.36. The summed E-state index contributed by atoms with van der Waals surface area (Å²) in [5.74, 6) is -1.22. The van der Waals surface area contributed by atoms with Gasteiger partial charge in [-0.25, -0.2) is 4.79 Å². The van der Waals surface area contributed by atoms with Gasteiger partial charge in [-0.1, -0.05) is 0 Å². The summed E-state index contributed by atoms with van der Waals surface area (Å²) in [4.78, 5) is 55.5. The fourth-order valence-electron chi connectivity index (χ4n) is 1.95. The molecule has 23 heavy (non-hydrogen) atoms. The van der Waals surface area contributed by atoms with Crippen LogP contribution in [0.25, 0.3) is 0 Å². The number of amides is 5. The molecule has 2 saturated heterocycles. The van der Waals surface area contributed by atoms with Crippen LogP contribution >= 0.6 is 0 Å². The topological polar surface area (TPSA) is 110 Å². The number of hydrogen-bond donors (Lipinski definition) is 1. The molecule has 0 spiro atoms. The van der Waals surface area contributed by atoms with Crippen LogP contribution in [0.1, 0.15) is 59.3 Å². The molecule has 0 radical (unpaired) electrons. The summed E-state index contributed by atoms with van der Waals surface area (Å²) in [6.07, 6.45) is 1.83. The lowest BCUT2D eigenvalue weighted by Gasteiger charge is -2.26. The van der Waals surface area contributed by atoms with E-state index >= 15 is 0 Å². The summed E-state index contributed by atoms with van der Waals surface area (Å²) in [7, 11) is 0. The Morgan fingerprint density at radius 1 is 0.913 bits per heavy atom. The van der Waals surface area contributed by atoms with Crippen molar-refractivity contribution in [3.05, 3.63) is 0 Å². The van der Waals surface area contributed by atoms with Crippen LogP contribution in [-0.4, -0.2) is 40.2 Å². The molecule has 2 heterocycles. The zero-order chi connectivity index (χ0) is 17.6. The van der Waals surface area contributed by atoms with Gasteiger partial charge in [0.15, 0.2) is 0 Å². The molecule has 5 amide bonds. The molecular formula is C15H22N2O6. The van der Waals surface area contributed by atoms with Crippen molar-refractivity contribution in [3.8, 4) is 0 Å². The number of rotatable bonds is 0. The molecule has 128 valence electrons. The van der Waals surface area contributed by atoms with E-state index in [1.807, 2.05) is 0 Å². The molecule has 0 aliphatic carbocycles. The standard InChI is InChI=1S/C10H15NO4.C5H7NO2/c1-10(2,3)15-9(14)11-7(12)5-4-6-8(11)13;7-4-2-1-3-5(8)6-4/h4-6H2,1-3H3;1-3H2,(H,6,7,8). The third-order valence-electron chi connectivity index (χ3n) is 2.94. The molecule has 1 N–H and O–H groups in total. The van der Waals surface area contributed by atoms with Gasteiger partial charge in [0.25, 0.3) is 0 Å². The van der Waals surface area contributed by atoms with Gasteiger partial charge in [0, 0.05) is 25.7 Å². The van der Waals surface area contributed by atoms with Gasteiger partial charge >= 0.3 is 6.09 Å². The Morgan fingerprint density at radius 3 is 1.70 bits per heavy atom. The third kappa shape index (κ3) is 6.58. The highest BCUT2D eigenvalue weighted by Gasteiger charge is 2.34. The Balaban J connectivity index is 0.000000277. The molecule has 0 aromatic rings. The smallest absolute Gasteiger partial charge is 0.424 e. The number of nitrogens with zero attached hydrogens (tertiary/aromatic N) is 1. The van der Waals surface area contributed by atoms with Crippen molar-refractivity contribution in [1.29, 1.82) is 0 Å². The van der Waals surface area contributed by atoms with Gasteiger partial charge in [-0.15, -0.1) is 0 Å². The summed E-state index contributed by atoms with van der Waals surface area (Å²) < 4.78 is 4.96. The van der Waals surface area contributed by atoms with Crippen molar-refractivity contribution in [2.45, 2.75) is 64.9 Å². The Morgan fingerprint density at radius 2 is 1.35 bits per heavy atom. The maximum Gasteiger partial charge on any atom is 0.424 e. The number of carbonyl (C=O) groups is 5. The number of hydrogen-bond acceptors (Lipinski definition) is 6. The van der Waals surface area contributed by atoms with Gasteiger partial charge in [0.1, 0.15) is 5.60 Å². The van der Waals surface area contributed by atoms with E-state index in [-0.39, 0.29) is 24.7 Å². The summed E-state index contributed by atoms with van der Waals surface area (Å²) >= 11 is 0. The minimum Gasteiger partial charge on any atom is -0.443 e. The number of ether oxygens (including phenoxy) is 1. The predicted molar refractivity (Wildman–Crippen MR) is 78.9 cm³/mol. The zero-order valence-electron chi connectivity index (χ0n) is 13.6. The molecule has 2 fully saturated rings. The summed E-state index contributed by atoms with van der Waals surface area (Å²) in [6, 6.07) is 0. The second kappa shape index (κ2) is 7.85. The van der Waals surface area contributed by atoms with Crippen molar-refractivity contribution < 1.29 is 28.7 Å². The molecule has 2 rings (SSSR count). The highest BCUT2D eigenvalue weighted by Crippen LogP contribution is 2.16. The number of piperidine rings is 2. The van der Waals surface area contributed by atoms with Crippen LogP contribution in [0.2, 0.25) is 0 Å². The molecular weight excluding hydrogens is 304 g/mol. The minimum atomic E-state index is -0.864. The first-order valence-electron chi connectivity index (χ1n) is 7.51. The van der Waals surface area contributed by atoms with Gasteiger partial charge in [0.05, 0.1) is 0 Å². The van der Waals surface area contributed by atoms with Crippen LogP contribution in [0.3, 0.4) is 0 Å². The average molecular weight is 326 g/mol. The molecule has 0 saturated carbocycles.